The minimum absolute atomic E-state index is 0.0289. The number of benzene rings is 1. The molecule has 4 saturated carbocycles. The summed E-state index contributed by atoms with van der Waals surface area (Å²) in [6.07, 6.45) is 19.5. The summed E-state index contributed by atoms with van der Waals surface area (Å²) in [4.78, 5) is 63.5. The first-order chi connectivity index (χ1) is 33.0. The topological polar surface area (TPSA) is 179 Å². The van der Waals surface area contributed by atoms with Gasteiger partial charge in [0.15, 0.2) is 0 Å². The van der Waals surface area contributed by atoms with Crippen molar-refractivity contribution in [1.82, 2.24) is 0 Å². The molecule has 1 aliphatic heterocycles. The summed E-state index contributed by atoms with van der Waals surface area (Å²) in [6, 6.07) is 8.00. The molecule has 0 radical (unpaired) electrons. The number of hydrogen-bond donors (Lipinski definition) is 0. The van der Waals surface area contributed by atoms with E-state index in [1.165, 1.54) is 29.1 Å². The summed E-state index contributed by atoms with van der Waals surface area (Å²) in [5.41, 5.74) is 2.30. The first-order valence-corrected chi connectivity index (χ1v) is 27.2. The van der Waals surface area contributed by atoms with Crippen LogP contribution >= 0.6 is 23.5 Å². The summed E-state index contributed by atoms with van der Waals surface area (Å²) in [6.45, 7) is 9.56. The van der Waals surface area contributed by atoms with E-state index in [0.29, 0.717) is 111 Å². The monoisotopic (exact) mass is 972 g/mol. The van der Waals surface area contributed by atoms with Crippen molar-refractivity contribution in [2.45, 2.75) is 171 Å². The van der Waals surface area contributed by atoms with E-state index in [0.717, 1.165) is 118 Å². The highest BCUT2D eigenvalue weighted by atomic mass is 32.2. The predicted octanol–water partition coefficient (Wildman–Crippen LogP) is 11.9. The SMILES string of the molecule is C=C(Cc1ccc(OC(=O)C2CCC(C3CCC(C(=O)OCCCCOC(=O)CC)CC3)CC2)c2c1SC(=C(C#N)C#N)S2)C1CCC(C2CCC(C(=O)OCCCCOC(=O)CC)CC2)CC1. The van der Waals surface area contributed by atoms with Crippen LogP contribution < -0.4 is 4.74 Å². The van der Waals surface area contributed by atoms with Gasteiger partial charge in [-0.2, -0.15) is 10.5 Å². The van der Waals surface area contributed by atoms with Crippen LogP contribution in [0.5, 0.6) is 5.75 Å². The second-order valence-electron chi connectivity index (χ2n) is 19.6. The number of allylic oxidation sites excluding steroid dienone is 2. The molecular formula is C54H72N2O10S2. The Balaban J connectivity index is 0.931. The van der Waals surface area contributed by atoms with Gasteiger partial charge in [0, 0.05) is 17.7 Å². The highest BCUT2D eigenvalue weighted by Gasteiger charge is 2.38. The fourth-order valence-electron chi connectivity index (χ4n) is 11.1. The number of hydrogen-bond acceptors (Lipinski definition) is 14. The molecule has 6 rings (SSSR count). The fourth-order valence-corrected chi connectivity index (χ4v) is 13.6. The van der Waals surface area contributed by atoms with E-state index in [1.54, 1.807) is 13.8 Å². The van der Waals surface area contributed by atoms with Crippen LogP contribution in [0.2, 0.25) is 0 Å². The molecule has 0 unspecified atom stereocenters. The number of carbonyl (C=O) groups excluding carboxylic acids is 5. The van der Waals surface area contributed by atoms with Crippen molar-refractivity contribution < 1.29 is 47.7 Å². The van der Waals surface area contributed by atoms with Crippen LogP contribution in [0.3, 0.4) is 0 Å². The third kappa shape index (κ3) is 15.1. The first-order valence-electron chi connectivity index (χ1n) is 25.6. The van der Waals surface area contributed by atoms with Gasteiger partial charge in [-0.05, 0) is 176 Å². The molecule has 0 spiro atoms. The molecule has 370 valence electrons. The standard InChI is InChI=1S/C54H72N2O10S2/c1-4-47(57)62-28-6-8-30-64-51(59)41-20-14-38(15-21-41)37-12-10-36(11-13-37)35(3)32-44-26-27-46(50-49(44)67-54(68-50)45(33-55)34-56)66-53(61)43-24-18-40(19-25-43)39-16-22-42(23-17-39)52(60)65-31-9-7-29-63-48(58)5-2/h26-27,36-43H,3-25,28-32H2,1-2H3. The van der Waals surface area contributed by atoms with Crippen molar-refractivity contribution in [2.24, 2.45) is 47.3 Å². The smallest absolute Gasteiger partial charge is 0.314 e. The Hall–Kier alpha value is -4.27. The van der Waals surface area contributed by atoms with Crippen LogP contribution in [-0.2, 0) is 49.3 Å². The number of carbonyl (C=O) groups is 5. The largest absolute Gasteiger partial charge is 0.466 e. The third-order valence-corrected chi connectivity index (χ3v) is 18.0. The molecule has 1 aromatic carbocycles. The Morgan fingerprint density at radius 1 is 0.544 bits per heavy atom. The van der Waals surface area contributed by atoms with Crippen LogP contribution in [0, 0.1) is 70.0 Å². The molecule has 5 aliphatic rings. The summed E-state index contributed by atoms with van der Waals surface area (Å²) >= 11 is 2.75. The molecule has 4 fully saturated rings. The molecule has 0 aromatic heterocycles. The quantitative estimate of drug-likeness (QED) is 0.0283. The molecule has 1 aromatic rings. The maximum absolute atomic E-state index is 13.8. The Morgan fingerprint density at radius 2 is 0.926 bits per heavy atom. The number of rotatable bonds is 21. The van der Waals surface area contributed by atoms with Gasteiger partial charge < -0.3 is 23.7 Å². The zero-order valence-electron chi connectivity index (χ0n) is 40.4. The van der Waals surface area contributed by atoms with Crippen molar-refractivity contribution in [3.05, 3.63) is 39.7 Å². The van der Waals surface area contributed by atoms with Crippen molar-refractivity contribution in [2.75, 3.05) is 26.4 Å². The maximum atomic E-state index is 13.8. The first kappa shape index (κ1) is 53.1. The average molecular weight is 973 g/mol. The van der Waals surface area contributed by atoms with Crippen molar-refractivity contribution in [3.8, 4) is 17.9 Å². The molecule has 1 heterocycles. The average Bonchev–Trinajstić information content (AvgIpc) is 3.83. The van der Waals surface area contributed by atoms with Crippen LogP contribution in [0.15, 0.2) is 43.9 Å². The van der Waals surface area contributed by atoms with Crippen LogP contribution in [0.1, 0.15) is 161 Å². The van der Waals surface area contributed by atoms with Crippen LogP contribution in [0.25, 0.3) is 0 Å². The third-order valence-electron chi connectivity index (χ3n) is 15.3. The molecule has 0 saturated heterocycles. The van der Waals surface area contributed by atoms with Crippen molar-refractivity contribution in [1.29, 1.82) is 10.5 Å². The molecule has 0 N–H and O–H groups in total. The Morgan fingerprint density at radius 3 is 1.34 bits per heavy atom. The van der Waals surface area contributed by atoms with Gasteiger partial charge in [0.1, 0.15) is 23.5 Å². The van der Waals surface area contributed by atoms with Gasteiger partial charge in [-0.1, -0.05) is 55.6 Å². The van der Waals surface area contributed by atoms with Crippen LogP contribution in [0.4, 0.5) is 0 Å². The molecule has 0 amide bonds. The lowest BCUT2D eigenvalue weighted by Crippen LogP contribution is -2.31. The lowest BCUT2D eigenvalue weighted by atomic mass is 9.68. The van der Waals surface area contributed by atoms with E-state index in [2.05, 4.69) is 6.58 Å². The van der Waals surface area contributed by atoms with E-state index < -0.39 is 0 Å². The second-order valence-corrected chi connectivity index (χ2v) is 21.9. The number of fused-ring (bicyclic) bond motifs is 1. The van der Waals surface area contributed by atoms with Crippen LogP contribution in [-0.4, -0.2) is 56.3 Å². The summed E-state index contributed by atoms with van der Waals surface area (Å²) in [7, 11) is 0. The zero-order chi connectivity index (χ0) is 48.4. The molecule has 14 heteroatoms. The molecule has 0 atom stereocenters. The van der Waals surface area contributed by atoms with Gasteiger partial charge in [-0.3, -0.25) is 24.0 Å². The second kappa shape index (κ2) is 27.2. The van der Waals surface area contributed by atoms with Gasteiger partial charge in [0.25, 0.3) is 0 Å². The zero-order valence-corrected chi connectivity index (χ0v) is 42.0. The number of esters is 5. The molecule has 12 nitrogen and oxygen atoms in total. The number of nitriles is 2. The van der Waals surface area contributed by atoms with Crippen molar-refractivity contribution >= 4 is 53.4 Å². The van der Waals surface area contributed by atoms with Gasteiger partial charge in [-0.25, -0.2) is 0 Å². The molecule has 4 aliphatic carbocycles. The van der Waals surface area contributed by atoms with E-state index in [9.17, 15) is 34.5 Å². The van der Waals surface area contributed by atoms with Gasteiger partial charge in [0.05, 0.1) is 53.3 Å². The van der Waals surface area contributed by atoms with E-state index in [1.807, 2.05) is 24.3 Å². The van der Waals surface area contributed by atoms with Gasteiger partial charge >= 0.3 is 29.8 Å². The van der Waals surface area contributed by atoms with E-state index in [-0.39, 0.29) is 53.2 Å². The van der Waals surface area contributed by atoms with Gasteiger partial charge in [0.2, 0.25) is 0 Å². The Labute approximate surface area is 412 Å². The van der Waals surface area contributed by atoms with E-state index >= 15 is 0 Å². The Bertz CT molecular complexity index is 1900. The summed E-state index contributed by atoms with van der Waals surface area (Å²) in [5.74, 6) is 2.05. The number of nitrogens with zero attached hydrogens (tertiary/aromatic N) is 2. The molecular weight excluding hydrogens is 901 g/mol. The number of thioether (sulfide) groups is 2. The highest BCUT2D eigenvalue weighted by Crippen LogP contribution is 2.57. The minimum Gasteiger partial charge on any atom is -0.466 e. The summed E-state index contributed by atoms with van der Waals surface area (Å²) < 4.78 is 28.1. The van der Waals surface area contributed by atoms with E-state index in [4.69, 9.17) is 23.7 Å². The highest BCUT2D eigenvalue weighted by molar-refractivity contribution is 8.24. The fraction of sp³-hybridized carbons (Fsp3) is 0.685. The predicted molar refractivity (Wildman–Crippen MR) is 260 cm³/mol. The minimum atomic E-state index is -0.230. The number of ether oxygens (including phenoxy) is 5. The lowest BCUT2D eigenvalue weighted by molar-refractivity contribution is -0.151. The lowest BCUT2D eigenvalue weighted by Gasteiger charge is -2.38. The molecule has 68 heavy (non-hydrogen) atoms. The Kier molecular flexibility index (Phi) is 21.2. The summed E-state index contributed by atoms with van der Waals surface area (Å²) in [5, 5.41) is 19.5. The number of unbranched alkanes of at least 4 members (excludes halogenated alkanes) is 2. The molecule has 0 bridgehead atoms. The van der Waals surface area contributed by atoms with Gasteiger partial charge in [-0.15, -0.1) is 0 Å². The normalized spacial score (nSPS) is 25.7. The maximum Gasteiger partial charge on any atom is 0.314 e. The van der Waals surface area contributed by atoms with Crippen molar-refractivity contribution in [3.63, 3.8) is 0 Å².